The summed E-state index contributed by atoms with van der Waals surface area (Å²) in [6.45, 7) is 1.69. The zero-order valence-corrected chi connectivity index (χ0v) is 11.2. The van der Waals surface area contributed by atoms with Gasteiger partial charge in [-0.05, 0) is 22.9 Å². The predicted octanol–water partition coefficient (Wildman–Crippen LogP) is 3.65. The Morgan fingerprint density at radius 3 is 2.56 bits per heavy atom. The maximum atomic E-state index is 13.7. The van der Waals surface area contributed by atoms with Gasteiger partial charge < -0.3 is 10.5 Å². The van der Waals surface area contributed by atoms with Crippen LogP contribution in [0.2, 0.25) is 10.0 Å². The van der Waals surface area contributed by atoms with E-state index in [-0.39, 0.29) is 26.8 Å². The zero-order chi connectivity index (χ0) is 12.5. The van der Waals surface area contributed by atoms with E-state index in [1.807, 2.05) is 0 Å². The van der Waals surface area contributed by atoms with Gasteiger partial charge in [0.25, 0.3) is 0 Å². The van der Waals surface area contributed by atoms with Gasteiger partial charge in [-0.25, -0.2) is 9.18 Å². The number of carbonyl (C=O) groups is 1. The van der Waals surface area contributed by atoms with Crippen LogP contribution >= 0.6 is 39.1 Å². The molecule has 0 atom stereocenters. The molecule has 0 aliphatic rings. The van der Waals surface area contributed by atoms with Gasteiger partial charge in [-0.3, -0.25) is 0 Å². The van der Waals surface area contributed by atoms with Crippen molar-refractivity contribution in [2.75, 3.05) is 12.3 Å². The van der Waals surface area contributed by atoms with Crippen molar-refractivity contribution in [1.29, 1.82) is 0 Å². The van der Waals surface area contributed by atoms with E-state index in [0.717, 1.165) is 0 Å². The average Bonchev–Trinajstić information content (AvgIpc) is 2.24. The summed E-state index contributed by atoms with van der Waals surface area (Å²) in [5.74, 6) is -1.84. The van der Waals surface area contributed by atoms with Gasteiger partial charge in [0, 0.05) is 0 Å². The molecule has 1 aromatic rings. The number of hydrogen-bond donors (Lipinski definition) is 1. The summed E-state index contributed by atoms with van der Waals surface area (Å²) in [6, 6.07) is 0. The Hall–Kier alpha value is -0.520. The SMILES string of the molecule is CCOC(=O)c1c(N)c(Cl)c(Br)c(Cl)c1F. The number of benzene rings is 1. The van der Waals surface area contributed by atoms with E-state index in [0.29, 0.717) is 0 Å². The standard InChI is InChI=1S/C9H7BrCl2FNO2/c1-2-16-9(15)3-7(13)5(11)4(10)6(12)8(3)14/h2,14H2,1H3. The lowest BCUT2D eigenvalue weighted by Crippen LogP contribution is -2.12. The van der Waals surface area contributed by atoms with Crippen LogP contribution < -0.4 is 5.73 Å². The molecule has 7 heteroatoms. The molecule has 0 unspecified atom stereocenters. The molecule has 88 valence electrons. The smallest absolute Gasteiger partial charge is 0.343 e. The molecule has 0 heterocycles. The fourth-order valence-electron chi connectivity index (χ4n) is 1.05. The van der Waals surface area contributed by atoms with Crippen molar-refractivity contribution in [3.8, 4) is 0 Å². The highest BCUT2D eigenvalue weighted by Gasteiger charge is 2.25. The predicted molar refractivity (Wildman–Crippen MR) is 64.5 cm³/mol. The Balaban J connectivity index is 3.45. The second-order valence-corrected chi connectivity index (χ2v) is 4.31. The number of nitrogens with two attached hydrogens (primary N) is 1. The Bertz CT molecular complexity index is 425. The van der Waals surface area contributed by atoms with Crippen molar-refractivity contribution < 1.29 is 13.9 Å². The van der Waals surface area contributed by atoms with E-state index in [4.69, 9.17) is 28.9 Å². The Labute approximate surface area is 110 Å². The molecule has 0 amide bonds. The third-order valence-corrected chi connectivity index (χ3v) is 3.78. The monoisotopic (exact) mass is 329 g/mol. The van der Waals surface area contributed by atoms with Gasteiger partial charge in [-0.15, -0.1) is 0 Å². The van der Waals surface area contributed by atoms with Crippen LogP contribution in [0.5, 0.6) is 0 Å². The summed E-state index contributed by atoms with van der Waals surface area (Å²) in [4.78, 5) is 11.4. The molecular formula is C9H7BrCl2FNO2. The molecule has 0 radical (unpaired) electrons. The summed E-state index contributed by atoms with van der Waals surface area (Å²) in [5, 5.41) is -0.322. The quantitative estimate of drug-likeness (QED) is 0.390. The molecule has 2 N–H and O–H groups in total. The van der Waals surface area contributed by atoms with Gasteiger partial charge in [-0.1, -0.05) is 23.2 Å². The molecule has 0 saturated heterocycles. The van der Waals surface area contributed by atoms with Crippen molar-refractivity contribution in [3.63, 3.8) is 0 Å². The molecule has 0 aliphatic carbocycles. The number of carbonyl (C=O) groups excluding carboxylic acids is 1. The van der Waals surface area contributed by atoms with Crippen LogP contribution in [0.25, 0.3) is 0 Å². The van der Waals surface area contributed by atoms with Gasteiger partial charge in [0.2, 0.25) is 0 Å². The summed E-state index contributed by atoms with van der Waals surface area (Å²) in [7, 11) is 0. The number of nitrogen functional groups attached to an aromatic ring is 1. The first-order valence-electron chi connectivity index (χ1n) is 4.20. The third-order valence-electron chi connectivity index (χ3n) is 1.78. The van der Waals surface area contributed by atoms with Crippen LogP contribution in [0.15, 0.2) is 4.47 Å². The van der Waals surface area contributed by atoms with E-state index < -0.39 is 17.3 Å². The molecule has 0 aromatic heterocycles. The zero-order valence-electron chi connectivity index (χ0n) is 8.11. The number of hydrogen-bond acceptors (Lipinski definition) is 3. The third kappa shape index (κ3) is 2.26. The minimum atomic E-state index is -0.950. The first kappa shape index (κ1) is 13.5. The van der Waals surface area contributed by atoms with E-state index >= 15 is 0 Å². The molecule has 16 heavy (non-hydrogen) atoms. The molecule has 3 nitrogen and oxygen atoms in total. The van der Waals surface area contributed by atoms with Crippen LogP contribution in [0.4, 0.5) is 10.1 Å². The van der Waals surface area contributed by atoms with Crippen LogP contribution in [-0.2, 0) is 4.74 Å². The van der Waals surface area contributed by atoms with Crippen molar-refractivity contribution in [2.45, 2.75) is 6.92 Å². The van der Waals surface area contributed by atoms with Gasteiger partial charge >= 0.3 is 5.97 Å². The molecule has 0 aliphatic heterocycles. The van der Waals surface area contributed by atoms with E-state index in [9.17, 15) is 9.18 Å². The minimum absolute atomic E-state index is 0.0190. The van der Waals surface area contributed by atoms with E-state index in [2.05, 4.69) is 20.7 Å². The lowest BCUT2D eigenvalue weighted by atomic mass is 10.1. The normalized spacial score (nSPS) is 10.3. The number of rotatable bonds is 2. The van der Waals surface area contributed by atoms with Crippen LogP contribution in [-0.4, -0.2) is 12.6 Å². The Kier molecular flexibility index (Phi) is 4.41. The van der Waals surface area contributed by atoms with Crippen LogP contribution in [0.1, 0.15) is 17.3 Å². The molecule has 1 rings (SSSR count). The van der Waals surface area contributed by atoms with Gasteiger partial charge in [0.05, 0.1) is 26.8 Å². The summed E-state index contributed by atoms with van der Waals surface area (Å²) in [6.07, 6.45) is 0. The van der Waals surface area contributed by atoms with Crippen molar-refractivity contribution >= 4 is 50.8 Å². The van der Waals surface area contributed by atoms with E-state index in [1.165, 1.54) is 0 Å². The van der Waals surface area contributed by atoms with Gasteiger partial charge in [0.15, 0.2) is 5.82 Å². The lowest BCUT2D eigenvalue weighted by molar-refractivity contribution is 0.0522. The summed E-state index contributed by atoms with van der Waals surface area (Å²) < 4.78 is 18.4. The van der Waals surface area contributed by atoms with Crippen LogP contribution in [0.3, 0.4) is 0 Å². The number of halogens is 4. The highest BCUT2D eigenvalue weighted by atomic mass is 79.9. The fraction of sp³-hybridized carbons (Fsp3) is 0.222. The Morgan fingerprint density at radius 2 is 2.06 bits per heavy atom. The first-order valence-corrected chi connectivity index (χ1v) is 5.75. The lowest BCUT2D eigenvalue weighted by Gasteiger charge is -2.11. The van der Waals surface area contributed by atoms with Crippen molar-refractivity contribution in [1.82, 2.24) is 0 Å². The summed E-state index contributed by atoms with van der Waals surface area (Å²) >= 11 is 14.4. The van der Waals surface area contributed by atoms with Gasteiger partial charge in [0.1, 0.15) is 5.56 Å². The fourth-order valence-corrected chi connectivity index (χ4v) is 1.87. The molecule has 0 spiro atoms. The van der Waals surface area contributed by atoms with E-state index in [1.54, 1.807) is 6.92 Å². The van der Waals surface area contributed by atoms with Crippen molar-refractivity contribution in [2.24, 2.45) is 0 Å². The number of esters is 1. The maximum Gasteiger partial charge on any atom is 0.343 e. The van der Waals surface area contributed by atoms with Crippen molar-refractivity contribution in [3.05, 3.63) is 25.9 Å². The molecular weight excluding hydrogens is 324 g/mol. The average molecular weight is 331 g/mol. The number of ether oxygens (including phenoxy) is 1. The van der Waals surface area contributed by atoms with Gasteiger partial charge in [-0.2, -0.15) is 0 Å². The molecule has 0 bridgehead atoms. The first-order chi connectivity index (χ1) is 7.41. The maximum absolute atomic E-state index is 13.7. The van der Waals surface area contributed by atoms with Crippen LogP contribution in [0, 0.1) is 5.82 Å². The minimum Gasteiger partial charge on any atom is -0.462 e. The highest BCUT2D eigenvalue weighted by Crippen LogP contribution is 2.39. The second kappa shape index (κ2) is 5.21. The Morgan fingerprint density at radius 1 is 1.50 bits per heavy atom. The number of anilines is 1. The molecule has 1 aromatic carbocycles. The summed E-state index contributed by atoms with van der Waals surface area (Å²) in [5.41, 5.74) is 4.88. The largest absolute Gasteiger partial charge is 0.462 e. The topological polar surface area (TPSA) is 52.3 Å². The second-order valence-electron chi connectivity index (χ2n) is 2.77. The molecule has 0 saturated carbocycles. The highest BCUT2D eigenvalue weighted by molar-refractivity contribution is 9.10. The molecule has 0 fully saturated rings.